The molecule has 1 aromatic carbocycles. The highest BCUT2D eigenvalue weighted by Gasteiger charge is 2.38. The fourth-order valence-corrected chi connectivity index (χ4v) is 4.40. The van der Waals surface area contributed by atoms with Crippen LogP contribution in [0.2, 0.25) is 0 Å². The third kappa shape index (κ3) is 3.64. The third-order valence-corrected chi connectivity index (χ3v) is 5.62. The lowest BCUT2D eigenvalue weighted by atomic mass is 10.0. The molecule has 2 rings (SSSR count). The highest BCUT2D eigenvalue weighted by molar-refractivity contribution is 7.88. The lowest BCUT2D eigenvalue weighted by molar-refractivity contribution is -0.132. The van der Waals surface area contributed by atoms with Gasteiger partial charge in [0.05, 0.1) is 5.75 Å². The molecular weight excluding hydrogens is 302 g/mol. The average Bonchev–Trinajstić information content (AvgIpc) is 2.54. The number of benzene rings is 1. The van der Waals surface area contributed by atoms with Gasteiger partial charge in [-0.05, 0) is 18.4 Å². The molecule has 22 heavy (non-hydrogen) atoms. The van der Waals surface area contributed by atoms with Crippen molar-refractivity contribution in [1.29, 1.82) is 5.26 Å². The van der Waals surface area contributed by atoms with Gasteiger partial charge in [-0.2, -0.15) is 9.57 Å². The van der Waals surface area contributed by atoms with Crippen LogP contribution < -0.4 is 0 Å². The van der Waals surface area contributed by atoms with E-state index in [1.165, 1.54) is 11.4 Å². The van der Waals surface area contributed by atoms with E-state index < -0.39 is 22.0 Å². The second kappa shape index (κ2) is 6.90. The van der Waals surface area contributed by atoms with Crippen LogP contribution in [0.15, 0.2) is 30.3 Å². The van der Waals surface area contributed by atoms with E-state index in [1.54, 1.807) is 30.5 Å². The zero-order chi connectivity index (χ0) is 16.2. The summed E-state index contributed by atoms with van der Waals surface area (Å²) in [5.74, 6) is -0.590. The number of likely N-dealkylation sites (N-methyl/N-ethyl adjacent to an activating group) is 1. The summed E-state index contributed by atoms with van der Waals surface area (Å²) in [6.07, 6.45) is 3.72. The smallest absolute Gasteiger partial charge is 0.253 e. The lowest BCUT2D eigenvalue weighted by Gasteiger charge is -2.34. The minimum Gasteiger partial charge on any atom is -0.272 e. The summed E-state index contributed by atoms with van der Waals surface area (Å²) < 4.78 is 26.6. The largest absolute Gasteiger partial charge is 0.272 e. The molecule has 1 saturated heterocycles. The highest BCUT2D eigenvalue weighted by atomic mass is 32.2. The first-order valence-electron chi connectivity index (χ1n) is 7.16. The van der Waals surface area contributed by atoms with Crippen LogP contribution in [0.3, 0.4) is 0 Å². The van der Waals surface area contributed by atoms with Gasteiger partial charge in [0.2, 0.25) is 10.0 Å². The second-order valence-corrected chi connectivity index (χ2v) is 7.28. The van der Waals surface area contributed by atoms with Crippen LogP contribution in [0.4, 0.5) is 0 Å². The van der Waals surface area contributed by atoms with Crippen molar-refractivity contribution in [2.75, 3.05) is 13.6 Å². The molecule has 0 N–H and O–H groups in total. The zero-order valence-corrected chi connectivity index (χ0v) is 13.3. The Bertz CT molecular complexity index is 667. The van der Waals surface area contributed by atoms with E-state index in [2.05, 4.69) is 0 Å². The third-order valence-electron chi connectivity index (χ3n) is 3.77. The molecule has 1 aliphatic rings. The molecule has 0 bridgehead atoms. The quantitative estimate of drug-likeness (QED) is 0.618. The Kier molecular flexibility index (Phi) is 5.16. The van der Waals surface area contributed by atoms with Crippen molar-refractivity contribution < 1.29 is 13.2 Å². The van der Waals surface area contributed by atoms with E-state index in [4.69, 9.17) is 5.26 Å². The molecule has 1 aromatic rings. The Morgan fingerprint density at radius 1 is 1.36 bits per heavy atom. The number of carbonyl (C=O) groups is 1. The van der Waals surface area contributed by atoms with Gasteiger partial charge < -0.3 is 0 Å². The standard InChI is InChI=1S/C15H19N3O3S/c1-17(12-16)15(19)14-9-5-6-10-18(14)22(20,21)11-13-7-3-2-4-8-13/h2-4,7-8,14H,5-6,9-11H2,1H3. The van der Waals surface area contributed by atoms with Crippen molar-refractivity contribution >= 4 is 15.9 Å². The topological polar surface area (TPSA) is 81.5 Å². The van der Waals surface area contributed by atoms with Gasteiger partial charge in [0.25, 0.3) is 5.91 Å². The summed E-state index contributed by atoms with van der Waals surface area (Å²) in [7, 11) is -2.24. The van der Waals surface area contributed by atoms with E-state index in [1.807, 2.05) is 6.07 Å². The Morgan fingerprint density at radius 2 is 2.05 bits per heavy atom. The lowest BCUT2D eigenvalue weighted by Crippen LogP contribution is -2.51. The van der Waals surface area contributed by atoms with Crippen LogP contribution >= 0.6 is 0 Å². The van der Waals surface area contributed by atoms with Crippen LogP contribution in [-0.2, 0) is 20.6 Å². The van der Waals surface area contributed by atoms with E-state index in [0.717, 1.165) is 17.7 Å². The van der Waals surface area contributed by atoms with Crippen LogP contribution in [0, 0.1) is 11.5 Å². The number of amides is 1. The first-order valence-corrected chi connectivity index (χ1v) is 8.77. The van der Waals surface area contributed by atoms with Crippen molar-refractivity contribution in [2.24, 2.45) is 0 Å². The average molecular weight is 321 g/mol. The van der Waals surface area contributed by atoms with Crippen LogP contribution in [0.5, 0.6) is 0 Å². The summed E-state index contributed by atoms with van der Waals surface area (Å²) in [5, 5.41) is 8.85. The molecule has 6 nitrogen and oxygen atoms in total. The van der Waals surface area contributed by atoms with Crippen LogP contribution in [0.1, 0.15) is 24.8 Å². The molecule has 0 aliphatic carbocycles. The molecular formula is C15H19N3O3S. The maximum absolute atomic E-state index is 12.7. The maximum atomic E-state index is 12.7. The fourth-order valence-electron chi connectivity index (χ4n) is 2.63. The number of hydrogen-bond acceptors (Lipinski definition) is 4. The van der Waals surface area contributed by atoms with Gasteiger partial charge in [0, 0.05) is 13.6 Å². The first-order chi connectivity index (χ1) is 10.5. The van der Waals surface area contributed by atoms with E-state index in [0.29, 0.717) is 18.5 Å². The molecule has 1 unspecified atom stereocenters. The number of rotatable bonds is 4. The molecule has 0 radical (unpaired) electrons. The SMILES string of the molecule is CN(C#N)C(=O)C1CCCCN1S(=O)(=O)Cc1ccccc1. The molecule has 7 heteroatoms. The van der Waals surface area contributed by atoms with Crippen molar-refractivity contribution in [3.05, 3.63) is 35.9 Å². The summed E-state index contributed by atoms with van der Waals surface area (Å²) in [6.45, 7) is 0.324. The van der Waals surface area contributed by atoms with Gasteiger partial charge in [0.15, 0.2) is 6.19 Å². The van der Waals surface area contributed by atoms with Gasteiger partial charge in [-0.25, -0.2) is 8.42 Å². The zero-order valence-electron chi connectivity index (χ0n) is 12.5. The monoisotopic (exact) mass is 321 g/mol. The number of carbonyl (C=O) groups excluding carboxylic acids is 1. The normalized spacial score (nSPS) is 19.4. The minimum absolute atomic E-state index is 0.131. The van der Waals surface area contributed by atoms with Gasteiger partial charge in [-0.15, -0.1) is 0 Å². The Hall–Kier alpha value is -1.91. The molecule has 0 saturated carbocycles. The van der Waals surface area contributed by atoms with Crippen LogP contribution in [-0.4, -0.2) is 43.2 Å². The Morgan fingerprint density at radius 3 is 2.68 bits per heavy atom. The van der Waals surface area contributed by atoms with Gasteiger partial charge in [-0.1, -0.05) is 36.8 Å². The summed E-state index contributed by atoms with van der Waals surface area (Å²) in [6, 6.07) is 8.12. The maximum Gasteiger partial charge on any atom is 0.253 e. The summed E-state index contributed by atoms with van der Waals surface area (Å²) in [4.78, 5) is 13.1. The second-order valence-electron chi connectivity index (χ2n) is 5.36. The predicted molar refractivity (Wildman–Crippen MR) is 81.8 cm³/mol. The molecule has 118 valence electrons. The first kappa shape index (κ1) is 16.5. The molecule has 0 aromatic heterocycles. The molecule has 1 atom stereocenters. The number of nitrogens with zero attached hydrogens (tertiary/aromatic N) is 3. The molecule has 1 fully saturated rings. The number of nitriles is 1. The van der Waals surface area contributed by atoms with Crippen LogP contribution in [0.25, 0.3) is 0 Å². The van der Waals surface area contributed by atoms with E-state index in [-0.39, 0.29) is 5.75 Å². The molecule has 1 aliphatic heterocycles. The highest BCUT2D eigenvalue weighted by Crippen LogP contribution is 2.24. The predicted octanol–water partition coefficient (Wildman–Crippen LogP) is 1.31. The molecule has 0 spiro atoms. The minimum atomic E-state index is -3.60. The van der Waals surface area contributed by atoms with E-state index in [9.17, 15) is 13.2 Å². The van der Waals surface area contributed by atoms with E-state index >= 15 is 0 Å². The Balaban J connectivity index is 2.23. The van der Waals surface area contributed by atoms with Gasteiger partial charge in [0.1, 0.15) is 6.04 Å². The molecule has 1 amide bonds. The number of hydrogen-bond donors (Lipinski definition) is 0. The van der Waals surface area contributed by atoms with Gasteiger partial charge in [-0.3, -0.25) is 9.69 Å². The fraction of sp³-hybridized carbons (Fsp3) is 0.467. The van der Waals surface area contributed by atoms with Crippen molar-refractivity contribution in [3.8, 4) is 6.19 Å². The summed E-state index contributed by atoms with van der Waals surface area (Å²) in [5.41, 5.74) is 0.688. The Labute approximate surface area is 131 Å². The van der Waals surface area contributed by atoms with Crippen molar-refractivity contribution in [3.63, 3.8) is 0 Å². The number of sulfonamides is 1. The summed E-state index contributed by atoms with van der Waals surface area (Å²) >= 11 is 0. The van der Waals surface area contributed by atoms with Gasteiger partial charge >= 0.3 is 0 Å². The van der Waals surface area contributed by atoms with Crippen molar-refractivity contribution in [1.82, 2.24) is 9.21 Å². The number of piperidine rings is 1. The van der Waals surface area contributed by atoms with Crippen molar-refractivity contribution in [2.45, 2.75) is 31.1 Å². The molecule has 1 heterocycles.